The molecule has 1 rings (SSSR count). The van der Waals surface area contributed by atoms with Crippen LogP contribution in [-0.2, 0) is 19.6 Å². The second-order valence-electron chi connectivity index (χ2n) is 5.62. The quantitative estimate of drug-likeness (QED) is 0.533. The topological polar surface area (TPSA) is 121 Å². The first kappa shape index (κ1) is 20.6. The summed E-state index contributed by atoms with van der Waals surface area (Å²) in [6.07, 6.45) is 1.41. The van der Waals surface area contributed by atoms with Crippen LogP contribution in [0.2, 0.25) is 0 Å². The average molecular weight is 369 g/mol. The van der Waals surface area contributed by atoms with E-state index >= 15 is 0 Å². The SMILES string of the molecule is Cc1ccc(C(=O)NCCCC(=O)NCCC(=O)NS(C)(=O)=O)cc1. The summed E-state index contributed by atoms with van der Waals surface area (Å²) in [6, 6.07) is 7.17. The fourth-order valence-electron chi connectivity index (χ4n) is 1.92. The second-order valence-corrected chi connectivity index (χ2v) is 7.37. The van der Waals surface area contributed by atoms with E-state index in [-0.39, 0.29) is 31.2 Å². The van der Waals surface area contributed by atoms with E-state index in [9.17, 15) is 22.8 Å². The van der Waals surface area contributed by atoms with Gasteiger partial charge in [-0.3, -0.25) is 19.1 Å². The smallest absolute Gasteiger partial charge is 0.251 e. The van der Waals surface area contributed by atoms with E-state index in [2.05, 4.69) is 10.6 Å². The zero-order chi connectivity index (χ0) is 18.9. The third kappa shape index (κ3) is 9.46. The van der Waals surface area contributed by atoms with Gasteiger partial charge in [-0.15, -0.1) is 0 Å². The third-order valence-corrected chi connectivity index (χ3v) is 3.75. The fraction of sp³-hybridized carbons (Fsp3) is 0.438. The third-order valence-electron chi connectivity index (χ3n) is 3.15. The van der Waals surface area contributed by atoms with E-state index in [1.165, 1.54) is 0 Å². The lowest BCUT2D eigenvalue weighted by atomic mass is 10.1. The average Bonchev–Trinajstić information content (AvgIpc) is 2.50. The molecule has 0 saturated carbocycles. The van der Waals surface area contributed by atoms with Crippen molar-refractivity contribution in [1.82, 2.24) is 15.4 Å². The van der Waals surface area contributed by atoms with Gasteiger partial charge in [-0.1, -0.05) is 17.7 Å². The molecule has 3 N–H and O–H groups in total. The summed E-state index contributed by atoms with van der Waals surface area (Å²) >= 11 is 0. The van der Waals surface area contributed by atoms with Crippen LogP contribution in [0.4, 0.5) is 0 Å². The molecule has 0 atom stereocenters. The molecule has 3 amide bonds. The second kappa shape index (κ2) is 9.77. The van der Waals surface area contributed by atoms with Crippen molar-refractivity contribution in [3.8, 4) is 0 Å². The molecule has 0 aromatic heterocycles. The highest BCUT2D eigenvalue weighted by molar-refractivity contribution is 7.89. The van der Waals surface area contributed by atoms with Crippen molar-refractivity contribution in [1.29, 1.82) is 0 Å². The van der Waals surface area contributed by atoms with Gasteiger partial charge < -0.3 is 10.6 Å². The molecule has 0 spiro atoms. The molecule has 0 unspecified atom stereocenters. The highest BCUT2D eigenvalue weighted by atomic mass is 32.2. The van der Waals surface area contributed by atoms with Gasteiger partial charge in [0, 0.05) is 31.5 Å². The molecule has 0 aliphatic heterocycles. The van der Waals surface area contributed by atoms with E-state index in [1.54, 1.807) is 12.1 Å². The molecule has 1 aromatic rings. The summed E-state index contributed by atoms with van der Waals surface area (Å²) in [5.41, 5.74) is 1.63. The molecule has 0 aliphatic carbocycles. The fourth-order valence-corrected chi connectivity index (χ4v) is 2.44. The van der Waals surface area contributed by atoms with Crippen molar-refractivity contribution < 1.29 is 22.8 Å². The minimum Gasteiger partial charge on any atom is -0.356 e. The predicted molar refractivity (Wildman–Crippen MR) is 93.4 cm³/mol. The number of carbonyl (C=O) groups is 3. The van der Waals surface area contributed by atoms with Crippen LogP contribution in [0.25, 0.3) is 0 Å². The van der Waals surface area contributed by atoms with Gasteiger partial charge in [0.15, 0.2) is 0 Å². The van der Waals surface area contributed by atoms with Crippen molar-refractivity contribution in [2.24, 2.45) is 0 Å². The van der Waals surface area contributed by atoms with Gasteiger partial charge in [0.05, 0.1) is 6.26 Å². The number of carbonyl (C=O) groups excluding carboxylic acids is 3. The van der Waals surface area contributed by atoms with E-state index in [1.807, 2.05) is 23.8 Å². The van der Waals surface area contributed by atoms with Crippen molar-refractivity contribution in [2.45, 2.75) is 26.2 Å². The molecule has 1 aromatic carbocycles. The Morgan fingerprint density at radius 1 is 0.920 bits per heavy atom. The van der Waals surface area contributed by atoms with Crippen molar-refractivity contribution >= 4 is 27.7 Å². The number of benzene rings is 1. The molecule has 25 heavy (non-hydrogen) atoms. The maximum absolute atomic E-state index is 11.9. The zero-order valence-corrected chi connectivity index (χ0v) is 15.1. The molecular weight excluding hydrogens is 346 g/mol. The number of aryl methyl sites for hydroxylation is 1. The first-order valence-corrected chi connectivity index (χ1v) is 9.69. The van der Waals surface area contributed by atoms with Crippen LogP contribution in [0.1, 0.15) is 35.2 Å². The number of amides is 3. The Labute approximate surface area is 147 Å². The largest absolute Gasteiger partial charge is 0.356 e. The molecular formula is C16H23N3O5S. The summed E-state index contributed by atoms with van der Waals surface area (Å²) in [5.74, 6) is -1.14. The highest BCUT2D eigenvalue weighted by Gasteiger charge is 2.09. The van der Waals surface area contributed by atoms with Gasteiger partial charge in [0.1, 0.15) is 0 Å². The number of sulfonamides is 1. The number of nitrogens with one attached hydrogen (secondary N) is 3. The molecule has 138 valence electrons. The van der Waals surface area contributed by atoms with E-state index in [0.717, 1.165) is 11.8 Å². The summed E-state index contributed by atoms with van der Waals surface area (Å²) in [4.78, 5) is 34.7. The Hall–Kier alpha value is -2.42. The van der Waals surface area contributed by atoms with Crippen LogP contribution in [0, 0.1) is 6.92 Å². The summed E-state index contributed by atoms with van der Waals surface area (Å²) < 4.78 is 23.5. The van der Waals surface area contributed by atoms with E-state index in [0.29, 0.717) is 18.5 Å². The Bertz CT molecular complexity index is 714. The molecule has 8 nitrogen and oxygen atoms in total. The van der Waals surface area contributed by atoms with Gasteiger partial charge in [-0.2, -0.15) is 0 Å². The predicted octanol–water partition coefficient (Wildman–Crippen LogP) is 0.0871. The van der Waals surface area contributed by atoms with Crippen molar-refractivity contribution in [3.05, 3.63) is 35.4 Å². The maximum Gasteiger partial charge on any atom is 0.251 e. The van der Waals surface area contributed by atoms with E-state index in [4.69, 9.17) is 0 Å². The van der Waals surface area contributed by atoms with Gasteiger partial charge in [0.2, 0.25) is 21.8 Å². The zero-order valence-electron chi connectivity index (χ0n) is 14.3. The molecule has 0 aliphatic rings. The van der Waals surface area contributed by atoms with E-state index < -0.39 is 15.9 Å². The molecule has 0 bridgehead atoms. The van der Waals surface area contributed by atoms with Gasteiger partial charge in [-0.05, 0) is 25.5 Å². The van der Waals surface area contributed by atoms with Crippen LogP contribution >= 0.6 is 0 Å². The Kier molecular flexibility index (Phi) is 8.06. The summed E-state index contributed by atoms with van der Waals surface area (Å²) in [7, 11) is -3.58. The number of rotatable bonds is 9. The lowest BCUT2D eigenvalue weighted by molar-refractivity contribution is -0.121. The molecule has 9 heteroatoms. The number of hydrogen-bond acceptors (Lipinski definition) is 5. The van der Waals surface area contributed by atoms with Crippen molar-refractivity contribution in [2.75, 3.05) is 19.3 Å². The van der Waals surface area contributed by atoms with Crippen LogP contribution in [0.3, 0.4) is 0 Å². The minimum atomic E-state index is -3.58. The maximum atomic E-state index is 11.9. The monoisotopic (exact) mass is 369 g/mol. The van der Waals surface area contributed by atoms with Crippen LogP contribution in [0.15, 0.2) is 24.3 Å². The normalized spacial score (nSPS) is 10.8. The molecule has 0 fully saturated rings. The van der Waals surface area contributed by atoms with Crippen molar-refractivity contribution in [3.63, 3.8) is 0 Å². The molecule has 0 heterocycles. The lowest BCUT2D eigenvalue weighted by Gasteiger charge is -2.07. The highest BCUT2D eigenvalue weighted by Crippen LogP contribution is 2.02. The Morgan fingerprint density at radius 2 is 1.56 bits per heavy atom. The minimum absolute atomic E-state index is 0.0515. The summed E-state index contributed by atoms with van der Waals surface area (Å²) in [5, 5.41) is 5.24. The Morgan fingerprint density at radius 3 is 2.16 bits per heavy atom. The standard InChI is InChI=1S/C16H23N3O5S/c1-12-5-7-13(8-6-12)16(22)18-10-3-4-14(20)17-11-9-15(21)19-25(2,23)24/h5-8H,3-4,9-11H2,1-2H3,(H,17,20)(H,18,22)(H,19,21). The first-order valence-electron chi connectivity index (χ1n) is 7.79. The van der Waals surface area contributed by atoms with Gasteiger partial charge >= 0.3 is 0 Å². The van der Waals surface area contributed by atoms with Crippen LogP contribution in [-0.4, -0.2) is 45.5 Å². The van der Waals surface area contributed by atoms with Crippen LogP contribution in [0.5, 0.6) is 0 Å². The first-order chi connectivity index (χ1) is 11.7. The number of hydrogen-bond donors (Lipinski definition) is 3. The Balaban J connectivity index is 2.15. The van der Waals surface area contributed by atoms with Gasteiger partial charge in [-0.25, -0.2) is 8.42 Å². The molecule has 0 radical (unpaired) electrons. The van der Waals surface area contributed by atoms with Crippen LogP contribution < -0.4 is 15.4 Å². The lowest BCUT2D eigenvalue weighted by Crippen LogP contribution is -2.33. The van der Waals surface area contributed by atoms with Gasteiger partial charge in [0.25, 0.3) is 5.91 Å². The molecule has 0 saturated heterocycles. The summed E-state index contributed by atoms with van der Waals surface area (Å²) in [6.45, 7) is 2.34.